The van der Waals surface area contributed by atoms with Crippen LogP contribution in [-0.2, 0) is 51.6 Å². The minimum atomic E-state index is -0.341. The third-order valence-corrected chi connectivity index (χ3v) is 5.10. The van der Waals surface area contributed by atoms with E-state index in [0.717, 1.165) is 7.36 Å². The summed E-state index contributed by atoms with van der Waals surface area (Å²) in [5.41, 5.74) is 0. The Morgan fingerprint density at radius 2 is 1.80 bits per heavy atom. The molecule has 2 rings (SSSR count). The molecule has 0 saturated carbocycles. The van der Waals surface area contributed by atoms with Gasteiger partial charge in [-0.3, -0.25) is 0 Å². The van der Waals surface area contributed by atoms with Crippen molar-refractivity contribution in [2.75, 3.05) is 7.05 Å². The minimum Gasteiger partial charge on any atom is -1.00 e. The van der Waals surface area contributed by atoms with Crippen LogP contribution in [0.3, 0.4) is 0 Å². The van der Waals surface area contributed by atoms with Gasteiger partial charge in [-0.15, -0.1) is 0 Å². The summed E-state index contributed by atoms with van der Waals surface area (Å²) in [5, 5.41) is 1.20. The molecular weight excluding hydrogens is 578 g/mol. The third kappa shape index (κ3) is 6.75. The molecule has 0 atom stereocenters. The fourth-order valence-electron chi connectivity index (χ4n) is 1.31. The maximum absolute atomic E-state index is 11.3. The van der Waals surface area contributed by atoms with Crippen molar-refractivity contribution in [3.63, 3.8) is 0 Å². The van der Waals surface area contributed by atoms with Gasteiger partial charge in [0.2, 0.25) is 0 Å². The molecule has 0 radical (unpaired) electrons. The number of hydrogen-bond donors (Lipinski definition) is 0. The molecule has 0 bridgehead atoms. The molecule has 1 aliphatic rings. The molecule has 0 unspecified atom stereocenters. The van der Waals surface area contributed by atoms with Gasteiger partial charge in [-0.1, -0.05) is 41.8 Å². The molecule has 1 aromatic rings. The Balaban J connectivity index is 0. The van der Waals surface area contributed by atoms with E-state index >= 15 is 0 Å². The van der Waals surface area contributed by atoms with E-state index in [-0.39, 0.29) is 50.0 Å². The van der Waals surface area contributed by atoms with Crippen molar-refractivity contribution >= 4 is 59.1 Å². The first-order valence-electron chi connectivity index (χ1n) is 5.28. The number of carbonyl (C=O) groups excluding carboxylic acids is 1. The molecule has 8 heteroatoms. The monoisotopic (exact) mass is 591 g/mol. The van der Waals surface area contributed by atoms with Gasteiger partial charge in [0.05, 0.1) is 0 Å². The molecule has 114 valence electrons. The van der Waals surface area contributed by atoms with Crippen molar-refractivity contribution in [2.45, 2.75) is 18.6 Å². The van der Waals surface area contributed by atoms with Gasteiger partial charge in [0.1, 0.15) is 16.2 Å². The van der Waals surface area contributed by atoms with Crippen LogP contribution >= 0.6 is 19.1 Å². The number of carbonyl (C=O) groups is 1. The van der Waals surface area contributed by atoms with Crippen molar-refractivity contribution in [2.24, 2.45) is 0 Å². The maximum atomic E-state index is 11.3. The standard InChI is InChI=1S/C6H9NOS2.C6H5PS.Au.BrH/c1-6(2)4(8)7(3)5(9)10-6;8-7-6-4-2-1-3-5-6;;/h1-3H3;1-5H;;1H/q;;+1;/p-1. The molecule has 1 heterocycles. The Morgan fingerprint density at radius 3 is 2.00 bits per heavy atom. The smallest absolute Gasteiger partial charge is 1.00 e. The molecule has 0 saturated heterocycles. The SMILES string of the molecule is C[N+]1=C([S-])SC(C)(C)C1=O.S=Pc1ccccc1.[Au+].[Br-]. The summed E-state index contributed by atoms with van der Waals surface area (Å²) >= 11 is 11.2. The number of nitrogens with zero attached hydrogens (tertiary/aromatic N) is 1. The quantitative estimate of drug-likeness (QED) is 0.186. The summed E-state index contributed by atoms with van der Waals surface area (Å²) in [4.78, 5) is 11.3. The topological polar surface area (TPSA) is 20.1 Å². The molecule has 20 heavy (non-hydrogen) atoms. The van der Waals surface area contributed by atoms with Crippen molar-refractivity contribution in [3.05, 3.63) is 30.3 Å². The van der Waals surface area contributed by atoms with Gasteiger partial charge in [0.15, 0.2) is 0 Å². The van der Waals surface area contributed by atoms with E-state index in [0.29, 0.717) is 4.38 Å². The molecular formula is C12H14AuBrNOPS3. The average molecular weight is 592 g/mol. The van der Waals surface area contributed by atoms with Crippen LogP contribution in [0.4, 0.5) is 0 Å². The largest absolute Gasteiger partial charge is 1.00 e. The van der Waals surface area contributed by atoms with Gasteiger partial charge >= 0.3 is 28.3 Å². The number of halogens is 1. The summed E-state index contributed by atoms with van der Waals surface area (Å²) in [6.07, 6.45) is 0. The van der Waals surface area contributed by atoms with E-state index in [9.17, 15) is 4.79 Å². The van der Waals surface area contributed by atoms with E-state index in [2.05, 4.69) is 0 Å². The Morgan fingerprint density at radius 1 is 1.30 bits per heavy atom. The summed E-state index contributed by atoms with van der Waals surface area (Å²) in [6, 6.07) is 10.0. The fraction of sp³-hybridized carbons (Fsp3) is 0.333. The van der Waals surface area contributed by atoms with E-state index in [1.54, 1.807) is 7.05 Å². The van der Waals surface area contributed by atoms with Crippen LogP contribution in [-0.4, -0.2) is 26.7 Å². The number of hydrogen-bond acceptors (Lipinski definition) is 4. The molecule has 0 aliphatic carbocycles. The number of benzene rings is 1. The second-order valence-corrected chi connectivity index (χ2v) is 7.67. The first-order valence-corrected chi connectivity index (χ1v) is 8.41. The molecule has 2 nitrogen and oxygen atoms in total. The zero-order valence-corrected chi connectivity index (χ0v) is 18.2. The van der Waals surface area contributed by atoms with Gasteiger partial charge in [-0.2, -0.15) is 4.58 Å². The van der Waals surface area contributed by atoms with Gasteiger partial charge in [0.25, 0.3) is 0 Å². The Kier molecular flexibility index (Phi) is 12.2. The van der Waals surface area contributed by atoms with Crippen molar-refractivity contribution in [1.29, 1.82) is 0 Å². The fourth-order valence-corrected chi connectivity index (χ4v) is 3.55. The predicted octanol–water partition coefficient (Wildman–Crippen LogP) is -0.695. The number of amides is 1. The molecule has 0 aromatic heterocycles. The van der Waals surface area contributed by atoms with E-state index in [4.69, 9.17) is 24.4 Å². The first-order chi connectivity index (χ1) is 8.38. The van der Waals surface area contributed by atoms with E-state index < -0.39 is 0 Å². The molecule has 0 fully saturated rings. The van der Waals surface area contributed by atoms with Crippen molar-refractivity contribution < 1.29 is 48.7 Å². The van der Waals surface area contributed by atoms with E-state index in [1.807, 2.05) is 44.2 Å². The Labute approximate surface area is 162 Å². The van der Waals surface area contributed by atoms with Crippen LogP contribution in [0.1, 0.15) is 13.8 Å². The maximum Gasteiger partial charge on any atom is 1.00 e. The van der Waals surface area contributed by atoms with Crippen LogP contribution < -0.4 is 22.3 Å². The normalized spacial score (nSPS) is 15.8. The van der Waals surface area contributed by atoms with Gasteiger partial charge < -0.3 is 29.6 Å². The first kappa shape index (κ1) is 23.1. The number of thioether (sulfide) groups is 1. The van der Waals surface area contributed by atoms with Crippen LogP contribution in [0.15, 0.2) is 30.3 Å². The van der Waals surface area contributed by atoms with Gasteiger partial charge in [-0.05, 0) is 26.0 Å². The van der Waals surface area contributed by atoms with Crippen molar-refractivity contribution in [1.82, 2.24) is 0 Å². The summed E-state index contributed by atoms with van der Waals surface area (Å²) in [7, 11) is 2.65. The molecule has 1 aromatic carbocycles. The second-order valence-electron chi connectivity index (χ2n) is 4.17. The molecule has 0 N–H and O–H groups in total. The van der Waals surface area contributed by atoms with Gasteiger partial charge in [-0.25, -0.2) is 4.79 Å². The molecule has 1 aliphatic heterocycles. The van der Waals surface area contributed by atoms with Crippen LogP contribution in [0.2, 0.25) is 0 Å². The number of rotatable bonds is 1. The van der Waals surface area contributed by atoms with Crippen LogP contribution in [0.5, 0.6) is 0 Å². The summed E-state index contributed by atoms with van der Waals surface area (Å²) < 4.78 is 1.86. The Bertz CT molecular complexity index is 497. The summed E-state index contributed by atoms with van der Waals surface area (Å²) in [5.74, 6) is 0.0995. The third-order valence-electron chi connectivity index (χ3n) is 2.30. The predicted molar refractivity (Wildman–Crippen MR) is 85.6 cm³/mol. The zero-order chi connectivity index (χ0) is 13.8. The van der Waals surface area contributed by atoms with Crippen molar-refractivity contribution in [3.8, 4) is 0 Å². The minimum absolute atomic E-state index is 0. The average Bonchev–Trinajstić information content (AvgIpc) is 2.54. The summed E-state index contributed by atoms with van der Waals surface area (Å²) in [6.45, 7) is 3.77. The molecule has 1 amide bonds. The second kappa shape index (κ2) is 10.6. The van der Waals surface area contributed by atoms with Crippen LogP contribution in [0, 0.1) is 0 Å². The van der Waals surface area contributed by atoms with Gasteiger partial charge in [0, 0.05) is 12.7 Å². The Hall–Kier alpha value is 0.870. The van der Waals surface area contributed by atoms with Crippen LogP contribution in [0.25, 0.3) is 0 Å². The molecule has 0 spiro atoms. The zero-order valence-electron chi connectivity index (χ0n) is 11.1. The van der Waals surface area contributed by atoms with E-state index in [1.165, 1.54) is 21.6 Å².